The summed E-state index contributed by atoms with van der Waals surface area (Å²) in [5, 5.41) is 21.7. The molecule has 4 aromatic rings. The van der Waals surface area contributed by atoms with E-state index in [-0.39, 0.29) is 31.3 Å². The molecule has 1 amide bonds. The van der Waals surface area contributed by atoms with E-state index in [0.29, 0.717) is 24.3 Å². The van der Waals surface area contributed by atoms with Gasteiger partial charge in [-0.3, -0.25) is 4.79 Å². The maximum atomic E-state index is 12.6. The molecule has 0 aliphatic carbocycles. The lowest BCUT2D eigenvalue weighted by Crippen LogP contribution is -2.31. The summed E-state index contributed by atoms with van der Waals surface area (Å²) in [7, 11) is 0. The largest absolute Gasteiger partial charge is 0.396 e. The van der Waals surface area contributed by atoms with Gasteiger partial charge in [-0.05, 0) is 39.9 Å². The number of rotatable bonds is 11. The lowest BCUT2D eigenvalue weighted by molar-refractivity contribution is -0.245. The van der Waals surface area contributed by atoms with Crippen molar-refractivity contribution in [2.45, 2.75) is 38.1 Å². The third-order valence-corrected chi connectivity index (χ3v) is 8.22. The lowest BCUT2D eigenvalue weighted by atomic mass is 9.97. The van der Waals surface area contributed by atoms with Gasteiger partial charge in [0.1, 0.15) is 0 Å². The first-order valence-electron chi connectivity index (χ1n) is 13.9. The van der Waals surface area contributed by atoms with Crippen molar-refractivity contribution >= 4 is 17.7 Å². The molecule has 1 aliphatic rings. The summed E-state index contributed by atoms with van der Waals surface area (Å²) < 4.78 is 12.8. The fourth-order valence-corrected chi connectivity index (χ4v) is 5.72. The molecular formula is C34H35NO5S. The Kier molecular flexibility index (Phi) is 10.2. The molecule has 1 heterocycles. The van der Waals surface area contributed by atoms with E-state index in [2.05, 4.69) is 23.5 Å². The second-order valence-electron chi connectivity index (χ2n) is 9.98. The summed E-state index contributed by atoms with van der Waals surface area (Å²) >= 11 is 1.67. The molecule has 4 aromatic carbocycles. The molecule has 6 nitrogen and oxygen atoms in total. The van der Waals surface area contributed by atoms with Gasteiger partial charge in [0.2, 0.25) is 0 Å². The number of aliphatic hydroxyl groups is 2. The van der Waals surface area contributed by atoms with Crippen LogP contribution in [0.15, 0.2) is 103 Å². The Hall–Kier alpha value is -3.46. The number of ether oxygens (including phenoxy) is 2. The minimum absolute atomic E-state index is 0.00678. The predicted octanol–water partition coefficient (Wildman–Crippen LogP) is 6.05. The highest BCUT2D eigenvalue weighted by Gasteiger charge is 2.32. The second kappa shape index (κ2) is 14.4. The Balaban J connectivity index is 1.31. The molecule has 3 atom stereocenters. The summed E-state index contributed by atoms with van der Waals surface area (Å²) in [6.07, 6.45) is 0.0184. The molecule has 3 N–H and O–H groups in total. The fourth-order valence-electron chi connectivity index (χ4n) is 4.95. The topological polar surface area (TPSA) is 88.0 Å². The minimum Gasteiger partial charge on any atom is -0.396 e. The number of benzene rings is 4. The Morgan fingerprint density at radius 1 is 0.829 bits per heavy atom. The molecule has 1 aliphatic heterocycles. The Labute approximate surface area is 245 Å². The van der Waals surface area contributed by atoms with Crippen LogP contribution >= 0.6 is 11.8 Å². The minimum atomic E-state index is -0.527. The highest BCUT2D eigenvalue weighted by molar-refractivity contribution is 7.99. The van der Waals surface area contributed by atoms with Crippen LogP contribution in [0, 0.1) is 0 Å². The van der Waals surface area contributed by atoms with Gasteiger partial charge in [-0.15, -0.1) is 0 Å². The Morgan fingerprint density at radius 2 is 1.54 bits per heavy atom. The van der Waals surface area contributed by atoms with Gasteiger partial charge >= 0.3 is 0 Å². The van der Waals surface area contributed by atoms with E-state index in [1.165, 1.54) is 0 Å². The van der Waals surface area contributed by atoms with Crippen LogP contribution in [0.2, 0.25) is 0 Å². The maximum absolute atomic E-state index is 12.6. The van der Waals surface area contributed by atoms with Crippen LogP contribution in [0.25, 0.3) is 11.1 Å². The van der Waals surface area contributed by atoms with Crippen molar-refractivity contribution in [3.05, 3.63) is 131 Å². The molecule has 1 fully saturated rings. The summed E-state index contributed by atoms with van der Waals surface area (Å²) in [5.41, 5.74) is 6.61. The van der Waals surface area contributed by atoms with E-state index >= 15 is 0 Å². The number of carbonyl (C=O) groups excluding carboxylic acids is 1. The number of nitrogens with one attached hydrogen (secondary N) is 1. The number of hydrogen-bond acceptors (Lipinski definition) is 6. The predicted molar refractivity (Wildman–Crippen MR) is 162 cm³/mol. The van der Waals surface area contributed by atoms with Gasteiger partial charge in [0.15, 0.2) is 6.29 Å². The second-order valence-corrected chi connectivity index (χ2v) is 11.1. The summed E-state index contributed by atoms with van der Waals surface area (Å²) in [4.78, 5) is 12.6. The van der Waals surface area contributed by atoms with Crippen molar-refractivity contribution in [2.24, 2.45) is 0 Å². The molecule has 5 rings (SSSR count). The zero-order valence-corrected chi connectivity index (χ0v) is 23.6. The van der Waals surface area contributed by atoms with E-state index in [1.54, 1.807) is 23.9 Å². The molecule has 1 saturated heterocycles. The molecule has 0 radical (unpaired) electrons. The lowest BCUT2D eigenvalue weighted by Gasteiger charge is -2.36. The highest BCUT2D eigenvalue weighted by atomic mass is 32.2. The monoisotopic (exact) mass is 569 g/mol. The molecule has 41 heavy (non-hydrogen) atoms. The molecule has 3 unspecified atom stereocenters. The fraction of sp³-hybridized carbons (Fsp3) is 0.265. The van der Waals surface area contributed by atoms with Crippen LogP contribution in [0.3, 0.4) is 0 Å². The SMILES string of the molecule is O=C(NCc1ccccc1-c1ccc(C2OC(CSCCO)CC(c3ccc(CO)cc3)O2)cc1)c1ccccc1. The molecule has 0 spiro atoms. The molecule has 7 heteroatoms. The highest BCUT2D eigenvalue weighted by Crippen LogP contribution is 2.39. The van der Waals surface area contributed by atoms with Gasteiger partial charge in [0.05, 0.1) is 25.4 Å². The summed E-state index contributed by atoms with van der Waals surface area (Å²) in [6, 6.07) is 33.4. The van der Waals surface area contributed by atoms with Gasteiger partial charge in [-0.2, -0.15) is 11.8 Å². The van der Waals surface area contributed by atoms with E-state index in [4.69, 9.17) is 9.47 Å². The quantitative estimate of drug-likeness (QED) is 0.191. The molecule has 212 valence electrons. The summed E-state index contributed by atoms with van der Waals surface area (Å²) in [6.45, 7) is 0.569. The van der Waals surface area contributed by atoms with E-state index in [1.807, 2.05) is 72.8 Å². The maximum Gasteiger partial charge on any atom is 0.251 e. The van der Waals surface area contributed by atoms with E-state index < -0.39 is 6.29 Å². The zero-order chi connectivity index (χ0) is 28.4. The van der Waals surface area contributed by atoms with Crippen molar-refractivity contribution in [3.8, 4) is 11.1 Å². The normalized spacial score (nSPS) is 18.6. The van der Waals surface area contributed by atoms with Gasteiger partial charge in [0.25, 0.3) is 5.91 Å². The van der Waals surface area contributed by atoms with Crippen molar-refractivity contribution in [1.82, 2.24) is 5.32 Å². The third-order valence-electron chi connectivity index (χ3n) is 7.14. The van der Waals surface area contributed by atoms with Crippen molar-refractivity contribution in [1.29, 1.82) is 0 Å². The number of aliphatic hydroxyl groups excluding tert-OH is 2. The number of amides is 1. The van der Waals surface area contributed by atoms with Gasteiger partial charge in [0, 0.05) is 35.6 Å². The molecule has 0 saturated carbocycles. The van der Waals surface area contributed by atoms with Crippen molar-refractivity contribution < 1.29 is 24.5 Å². The Bertz CT molecular complexity index is 1400. The van der Waals surface area contributed by atoms with Crippen LogP contribution in [-0.2, 0) is 22.6 Å². The van der Waals surface area contributed by atoms with Gasteiger partial charge < -0.3 is 25.0 Å². The van der Waals surface area contributed by atoms with Crippen LogP contribution < -0.4 is 5.32 Å². The van der Waals surface area contributed by atoms with Crippen molar-refractivity contribution in [2.75, 3.05) is 18.1 Å². The zero-order valence-electron chi connectivity index (χ0n) is 22.8. The molecule has 0 aromatic heterocycles. The van der Waals surface area contributed by atoms with E-state index in [9.17, 15) is 15.0 Å². The average molecular weight is 570 g/mol. The number of hydrogen-bond donors (Lipinski definition) is 3. The molecule has 0 bridgehead atoms. The van der Waals surface area contributed by atoms with E-state index in [0.717, 1.165) is 39.1 Å². The van der Waals surface area contributed by atoms with Crippen molar-refractivity contribution in [3.63, 3.8) is 0 Å². The number of carbonyl (C=O) groups is 1. The first-order chi connectivity index (χ1) is 20.1. The van der Waals surface area contributed by atoms with Crippen LogP contribution in [-0.4, -0.2) is 40.3 Å². The summed E-state index contributed by atoms with van der Waals surface area (Å²) in [5.74, 6) is 1.34. The average Bonchev–Trinajstić information content (AvgIpc) is 3.04. The van der Waals surface area contributed by atoms with Gasteiger partial charge in [-0.25, -0.2) is 0 Å². The third kappa shape index (κ3) is 7.64. The first kappa shape index (κ1) is 29.0. The standard InChI is InChI=1S/C34H35NO5S/c36-18-19-41-23-30-20-32(26-12-10-24(22-37)11-13-26)40-34(39-30)28-16-14-25(15-17-28)31-9-5-4-8-29(31)21-35-33(38)27-6-2-1-3-7-27/h1-17,30,32,34,36-37H,18-23H2,(H,35,38). The number of thioether (sulfide) groups is 1. The molecular weight excluding hydrogens is 534 g/mol. The van der Waals surface area contributed by atoms with Gasteiger partial charge in [-0.1, -0.05) is 91.0 Å². The first-order valence-corrected chi connectivity index (χ1v) is 15.0. The van der Waals surface area contributed by atoms with Crippen LogP contribution in [0.4, 0.5) is 0 Å². The smallest absolute Gasteiger partial charge is 0.251 e. The van der Waals surface area contributed by atoms with Crippen LogP contribution in [0.5, 0.6) is 0 Å². The van der Waals surface area contributed by atoms with Crippen LogP contribution in [0.1, 0.15) is 51.4 Å². The Morgan fingerprint density at radius 3 is 2.27 bits per heavy atom.